The van der Waals surface area contributed by atoms with Crippen LogP contribution in [0.5, 0.6) is 0 Å². The van der Waals surface area contributed by atoms with E-state index in [1.165, 1.54) is 0 Å². The van der Waals surface area contributed by atoms with Gasteiger partial charge in [0.25, 0.3) is 0 Å². The Morgan fingerprint density at radius 3 is 0.813 bits per heavy atom. The predicted octanol–water partition coefficient (Wildman–Crippen LogP) is -0.230. The molecular weight excluding hydrogens is 1240 g/mol. The molecule has 0 aromatic carbocycles. The lowest BCUT2D eigenvalue weighted by Crippen LogP contribution is -2.66. The maximum Gasteiger partial charge on any atom is 0.303 e. The average molecular weight is 1310 g/mol. The van der Waals surface area contributed by atoms with Crippen molar-refractivity contribution in [3.05, 3.63) is 20.9 Å². The van der Waals surface area contributed by atoms with E-state index in [4.69, 9.17) is 99.5 Å². The van der Waals surface area contributed by atoms with E-state index in [1.807, 2.05) is 0 Å². The number of rotatable bonds is 30. The summed E-state index contributed by atoms with van der Waals surface area (Å²) in [5.41, 5.74) is 19.6. The summed E-state index contributed by atoms with van der Waals surface area (Å²) in [6, 6.07) is -3.37. The second-order valence-corrected chi connectivity index (χ2v) is 19.9. The molecule has 0 unspecified atom stereocenters. The van der Waals surface area contributed by atoms with Crippen LogP contribution in [0.15, 0.2) is 10.2 Å². The minimum Gasteiger partial charge on any atom is -0.463 e. The minimum atomic E-state index is -1.94. The number of azide groups is 2. The van der Waals surface area contributed by atoms with E-state index in [2.05, 4.69) is 20.1 Å². The van der Waals surface area contributed by atoms with Crippen LogP contribution in [0.1, 0.15) is 83.1 Å². The molecule has 0 aromatic heterocycles. The van der Waals surface area contributed by atoms with Crippen molar-refractivity contribution in [1.29, 1.82) is 0 Å². The summed E-state index contributed by atoms with van der Waals surface area (Å²) in [5.74, 6) is -11.2. The van der Waals surface area contributed by atoms with Crippen molar-refractivity contribution < 1.29 is 157 Å². The van der Waals surface area contributed by atoms with E-state index >= 15 is 0 Å². The average Bonchev–Trinajstić information content (AvgIpc) is 0.787. The van der Waals surface area contributed by atoms with Crippen LogP contribution < -0.4 is 0 Å². The van der Waals surface area contributed by atoms with Crippen LogP contribution in [0.3, 0.4) is 0 Å². The molecule has 20 atom stereocenters. The molecule has 0 N–H and O–H groups in total. The molecule has 0 aliphatic carbocycles. The highest BCUT2D eigenvalue weighted by Crippen LogP contribution is 2.38. The molecule has 39 nitrogen and oxygen atoms in total. The van der Waals surface area contributed by atoms with Crippen LogP contribution in [0, 0.1) is 0 Å². The van der Waals surface area contributed by atoms with Gasteiger partial charge in [-0.15, -0.1) is 0 Å². The normalized spacial score (nSPS) is 30.9. The summed E-state index contributed by atoms with van der Waals surface area (Å²) in [6.45, 7) is 7.73. The summed E-state index contributed by atoms with van der Waals surface area (Å²) in [7, 11) is 0. The summed E-state index contributed by atoms with van der Waals surface area (Å²) < 4.78 is 120. The van der Waals surface area contributed by atoms with E-state index < -0.39 is 234 Å². The van der Waals surface area contributed by atoms with Gasteiger partial charge in [0, 0.05) is 92.9 Å². The summed E-state index contributed by atoms with van der Waals surface area (Å²) in [4.78, 5) is 155. The van der Waals surface area contributed by atoms with Crippen LogP contribution >= 0.6 is 0 Å². The highest BCUT2D eigenvalue weighted by molar-refractivity contribution is 5.71. The molecule has 4 fully saturated rings. The first-order valence-electron chi connectivity index (χ1n) is 27.7. The fraction of sp³-hybridized carbons (Fsp3) is 0.769. The summed E-state index contributed by atoms with van der Waals surface area (Å²) >= 11 is 0. The Labute approximate surface area is 517 Å². The quantitative estimate of drug-likeness (QED) is 0.0224. The highest BCUT2D eigenvalue weighted by atomic mass is 16.8. The van der Waals surface area contributed by atoms with Gasteiger partial charge in [-0.25, -0.2) is 0 Å². The minimum absolute atomic E-state index is 0.341. The number of nitrogens with zero attached hydrogens (tertiary/aromatic N) is 6. The Bertz CT molecular complexity index is 2510. The lowest BCUT2D eigenvalue weighted by atomic mass is 9.95. The first-order chi connectivity index (χ1) is 42.9. The Balaban J connectivity index is 1.61. The van der Waals surface area contributed by atoms with E-state index in [0.717, 1.165) is 83.1 Å². The lowest BCUT2D eigenvalue weighted by molar-refractivity contribution is -0.350. The maximum absolute atomic E-state index is 12.8. The Morgan fingerprint density at radius 1 is 0.308 bits per heavy atom. The molecule has 0 aromatic rings. The number of ether oxygens (including phenoxy) is 21. The van der Waals surface area contributed by atoms with E-state index in [9.17, 15) is 68.6 Å². The first kappa shape index (κ1) is 75.4. The van der Waals surface area contributed by atoms with Crippen LogP contribution in [-0.4, -0.2) is 247 Å². The van der Waals surface area contributed by atoms with Crippen molar-refractivity contribution in [2.75, 3.05) is 52.9 Å². The third-order valence-corrected chi connectivity index (χ3v) is 12.6. The zero-order valence-corrected chi connectivity index (χ0v) is 51.4. The van der Waals surface area contributed by atoms with Crippen molar-refractivity contribution in [2.45, 2.75) is 206 Å². The SMILES string of the molecule is CC(=O)OC[C@H]1O[C@@H](O[C@H]2[C@H](OC(C)=O)[C@@H](N=[N+]=[N-])[C@@H](OCCOCCO[C@H]3O[C@H](COC(C)=O)[C@@H](O[C@@H]4O[C@H](COC(C)=O)[C@H](OC(C)=O)[C@H](OC(C)=O)[C@H]4OC(C)=O)[C@H](OC(C)=O)[C@H]3N=[N+]=[N-])O[C@@H]2COC(C)=O)[C@H](OC(C)=O)[C@@H](OC(C)=O)[C@H]1OC(C)=O. The van der Waals surface area contributed by atoms with Crippen molar-refractivity contribution in [3.63, 3.8) is 0 Å². The molecule has 0 saturated carbocycles. The van der Waals surface area contributed by atoms with Crippen molar-refractivity contribution in [1.82, 2.24) is 0 Å². The van der Waals surface area contributed by atoms with Gasteiger partial charge < -0.3 is 99.5 Å². The Hall–Kier alpha value is -8.10. The molecular formula is C52H72N6O33. The van der Waals surface area contributed by atoms with Crippen LogP contribution in [-0.2, 0) is 157 Å². The molecule has 0 spiro atoms. The van der Waals surface area contributed by atoms with Gasteiger partial charge in [-0.1, -0.05) is 10.2 Å². The number of carbonyl (C=O) groups is 12. The molecule has 4 heterocycles. The molecule has 4 rings (SSSR count). The second-order valence-electron chi connectivity index (χ2n) is 19.9. The van der Waals surface area contributed by atoms with Crippen LogP contribution in [0.25, 0.3) is 20.9 Å². The Kier molecular flexibility index (Phi) is 30.4. The van der Waals surface area contributed by atoms with Gasteiger partial charge in [-0.05, 0) is 11.1 Å². The zero-order chi connectivity index (χ0) is 67.8. The third kappa shape index (κ3) is 23.9. The van der Waals surface area contributed by atoms with E-state index in [0.29, 0.717) is 0 Å². The van der Waals surface area contributed by atoms with Crippen LogP contribution in [0.4, 0.5) is 0 Å². The van der Waals surface area contributed by atoms with Gasteiger partial charge in [-0.3, -0.25) is 57.5 Å². The molecule has 39 heteroatoms. The summed E-state index contributed by atoms with van der Waals surface area (Å²) in [6.07, 6.45) is -30.8. The van der Waals surface area contributed by atoms with E-state index in [1.54, 1.807) is 0 Å². The monoisotopic (exact) mass is 1310 g/mol. The predicted molar refractivity (Wildman–Crippen MR) is 284 cm³/mol. The first-order valence-corrected chi connectivity index (χ1v) is 27.7. The molecule has 0 bridgehead atoms. The topological polar surface area (TPSA) is 496 Å². The van der Waals surface area contributed by atoms with Gasteiger partial charge in [0.2, 0.25) is 0 Å². The van der Waals surface area contributed by atoms with Gasteiger partial charge in [0.1, 0.15) is 87.3 Å². The smallest absolute Gasteiger partial charge is 0.303 e. The number of hydrogen-bond donors (Lipinski definition) is 0. The second kappa shape index (κ2) is 36.7. The van der Waals surface area contributed by atoms with Gasteiger partial charge >= 0.3 is 71.6 Å². The standard InChI is InChI=1S/C52H72N6O33/c1-21(59)74-17-33-39(90-51-47(84-31(11)69)45(82-29(9)67)41(78-25(5)63)35(88-51)19-76-23(3)61)43(80-27(7)65)37(55-57-53)49(86-33)72-15-13-71-14-16-73-50-38(56-58-54)44(81-28(8)66)40(34(87-50)18-75-22(2)60)91-52-48(85-32(12)70)46(83-30(10)68)42(79-26(6)64)36(89-52)20-77-24(4)62/h33-52H,13-20H2,1-12H3/t33-,34-,35-,36-,37-,38-,39-,40-,41+,42+,43-,44-,45+,46+,47-,48-,49+,50+,51+,52+/m1/s1. The molecule has 91 heavy (non-hydrogen) atoms. The Morgan fingerprint density at radius 2 is 0.549 bits per heavy atom. The van der Waals surface area contributed by atoms with Gasteiger partial charge in [0.15, 0.2) is 61.8 Å². The fourth-order valence-corrected chi connectivity index (χ4v) is 9.53. The van der Waals surface area contributed by atoms with Crippen molar-refractivity contribution in [3.8, 4) is 0 Å². The number of carbonyl (C=O) groups excluding carboxylic acids is 12. The highest BCUT2D eigenvalue weighted by Gasteiger charge is 2.59. The number of hydrogen-bond acceptors (Lipinski definition) is 35. The molecule has 0 radical (unpaired) electrons. The van der Waals surface area contributed by atoms with Gasteiger partial charge in [-0.2, -0.15) is 0 Å². The third-order valence-electron chi connectivity index (χ3n) is 12.6. The van der Waals surface area contributed by atoms with Crippen molar-refractivity contribution >= 4 is 71.6 Å². The maximum atomic E-state index is 12.8. The molecule has 4 aliphatic rings. The van der Waals surface area contributed by atoms with E-state index in [-0.39, 0.29) is 13.2 Å². The van der Waals surface area contributed by atoms with Gasteiger partial charge in [0.05, 0.1) is 26.4 Å². The van der Waals surface area contributed by atoms with Crippen molar-refractivity contribution in [2.24, 2.45) is 10.2 Å². The molecule has 0 amide bonds. The van der Waals surface area contributed by atoms with Crippen LogP contribution in [0.2, 0.25) is 0 Å². The summed E-state index contributed by atoms with van der Waals surface area (Å²) in [5, 5.41) is 7.51. The number of esters is 12. The molecule has 508 valence electrons. The lowest BCUT2D eigenvalue weighted by Gasteiger charge is -2.48. The molecule has 4 saturated heterocycles. The molecule has 4 aliphatic heterocycles. The zero-order valence-electron chi connectivity index (χ0n) is 51.4. The fourth-order valence-electron chi connectivity index (χ4n) is 9.53. The largest absolute Gasteiger partial charge is 0.463 e.